The van der Waals surface area contributed by atoms with E-state index in [4.69, 9.17) is 4.74 Å². The molecule has 1 amide bonds. The maximum absolute atomic E-state index is 13.6. The highest BCUT2D eigenvalue weighted by molar-refractivity contribution is 7.89. The molecule has 2 aromatic rings. The number of morpholine rings is 1. The van der Waals surface area contributed by atoms with Gasteiger partial charge in [-0.1, -0.05) is 12.1 Å². The van der Waals surface area contributed by atoms with Crippen LogP contribution in [0.2, 0.25) is 0 Å². The van der Waals surface area contributed by atoms with Crippen molar-refractivity contribution in [1.29, 1.82) is 0 Å². The maximum atomic E-state index is 13.6. The van der Waals surface area contributed by atoms with Crippen molar-refractivity contribution in [3.8, 4) is 0 Å². The molecule has 1 heterocycles. The van der Waals surface area contributed by atoms with Crippen molar-refractivity contribution in [2.75, 3.05) is 26.3 Å². The molecule has 156 valence electrons. The number of halogens is 2. The third-order valence-electron chi connectivity index (χ3n) is 4.66. The summed E-state index contributed by atoms with van der Waals surface area (Å²) in [6, 6.07) is 9.48. The normalized spacial score (nSPS) is 15.2. The number of nitrogens with zero attached hydrogens (tertiary/aromatic N) is 1. The lowest BCUT2D eigenvalue weighted by Gasteiger charge is -2.26. The number of hydrogen-bond donors (Lipinski definition) is 1. The van der Waals surface area contributed by atoms with Gasteiger partial charge in [-0.25, -0.2) is 17.2 Å². The van der Waals surface area contributed by atoms with E-state index in [0.717, 1.165) is 23.8 Å². The molecule has 0 spiro atoms. The van der Waals surface area contributed by atoms with E-state index in [1.807, 2.05) is 0 Å². The summed E-state index contributed by atoms with van der Waals surface area (Å²) in [5.41, 5.74) is 0.883. The molecule has 1 saturated heterocycles. The van der Waals surface area contributed by atoms with E-state index in [1.54, 1.807) is 12.1 Å². The van der Waals surface area contributed by atoms with E-state index in [-0.39, 0.29) is 29.3 Å². The van der Waals surface area contributed by atoms with Gasteiger partial charge >= 0.3 is 0 Å². The summed E-state index contributed by atoms with van der Waals surface area (Å²) >= 11 is 0. The van der Waals surface area contributed by atoms with Gasteiger partial charge in [0.05, 0.1) is 18.1 Å². The number of ether oxygens (including phenoxy) is 1. The second kappa shape index (κ2) is 9.43. The van der Waals surface area contributed by atoms with Crippen molar-refractivity contribution in [3.05, 3.63) is 65.2 Å². The van der Waals surface area contributed by atoms with E-state index in [1.165, 1.54) is 16.4 Å². The molecule has 0 saturated carbocycles. The molecule has 0 atom stereocenters. The summed E-state index contributed by atoms with van der Waals surface area (Å²) in [5, 5.41) is 2.56. The van der Waals surface area contributed by atoms with Crippen LogP contribution in [0.4, 0.5) is 8.78 Å². The molecule has 1 fully saturated rings. The van der Waals surface area contributed by atoms with Crippen LogP contribution < -0.4 is 5.32 Å². The third-order valence-corrected chi connectivity index (χ3v) is 6.57. The minimum Gasteiger partial charge on any atom is -0.379 e. The largest absolute Gasteiger partial charge is 0.379 e. The fourth-order valence-corrected chi connectivity index (χ4v) is 4.39. The van der Waals surface area contributed by atoms with Crippen molar-refractivity contribution in [3.63, 3.8) is 0 Å². The Bertz CT molecular complexity index is 959. The first-order valence-corrected chi connectivity index (χ1v) is 10.7. The Morgan fingerprint density at radius 2 is 1.76 bits per heavy atom. The molecule has 1 N–H and O–H groups in total. The third kappa shape index (κ3) is 5.59. The van der Waals surface area contributed by atoms with Crippen molar-refractivity contribution in [1.82, 2.24) is 9.62 Å². The Labute approximate surface area is 168 Å². The molecule has 0 unspecified atom stereocenters. The fraction of sp³-hybridized carbons (Fsp3) is 0.350. The molecule has 0 bridgehead atoms. The number of benzene rings is 2. The van der Waals surface area contributed by atoms with E-state index in [9.17, 15) is 22.0 Å². The van der Waals surface area contributed by atoms with Gasteiger partial charge in [-0.3, -0.25) is 4.79 Å². The van der Waals surface area contributed by atoms with Crippen LogP contribution in [-0.2, 0) is 32.5 Å². The van der Waals surface area contributed by atoms with Crippen molar-refractivity contribution in [2.24, 2.45) is 0 Å². The van der Waals surface area contributed by atoms with Gasteiger partial charge in [-0.15, -0.1) is 0 Å². The number of carbonyl (C=O) groups is 1. The van der Waals surface area contributed by atoms with Gasteiger partial charge < -0.3 is 10.1 Å². The number of nitrogens with one attached hydrogen (secondary N) is 1. The quantitative estimate of drug-likeness (QED) is 0.740. The molecular formula is C20H22F2N2O4S. The first kappa shape index (κ1) is 21.4. The van der Waals surface area contributed by atoms with Crippen LogP contribution in [0.15, 0.2) is 47.4 Å². The summed E-state index contributed by atoms with van der Waals surface area (Å²) in [4.78, 5) is 12.2. The Kier molecular flexibility index (Phi) is 6.94. The fourth-order valence-electron chi connectivity index (χ4n) is 2.98. The summed E-state index contributed by atoms with van der Waals surface area (Å²) in [7, 11) is -3.55. The van der Waals surface area contributed by atoms with Crippen molar-refractivity contribution < 1.29 is 26.7 Å². The predicted octanol–water partition coefficient (Wildman–Crippen LogP) is 2.23. The first-order chi connectivity index (χ1) is 13.9. The first-order valence-electron chi connectivity index (χ1n) is 9.24. The molecular weight excluding hydrogens is 402 g/mol. The van der Waals surface area contributed by atoms with Gasteiger partial charge in [0.1, 0.15) is 11.6 Å². The monoisotopic (exact) mass is 424 g/mol. The molecule has 0 radical (unpaired) electrons. The molecule has 1 aliphatic heterocycles. The summed E-state index contributed by atoms with van der Waals surface area (Å²) in [6.45, 7) is 1.32. The average molecular weight is 424 g/mol. The van der Waals surface area contributed by atoms with Crippen LogP contribution in [-0.4, -0.2) is 44.9 Å². The Morgan fingerprint density at radius 1 is 1.07 bits per heavy atom. The lowest BCUT2D eigenvalue weighted by Crippen LogP contribution is -2.40. The molecule has 29 heavy (non-hydrogen) atoms. The number of sulfonamides is 1. The highest BCUT2D eigenvalue weighted by Crippen LogP contribution is 2.18. The number of aryl methyl sites for hydroxylation is 1. The van der Waals surface area contributed by atoms with E-state index in [2.05, 4.69) is 5.32 Å². The van der Waals surface area contributed by atoms with Crippen LogP contribution in [0.3, 0.4) is 0 Å². The molecule has 3 rings (SSSR count). The van der Waals surface area contributed by atoms with Gasteiger partial charge in [0.15, 0.2) is 0 Å². The van der Waals surface area contributed by atoms with Crippen LogP contribution >= 0.6 is 0 Å². The van der Waals surface area contributed by atoms with Crippen LogP contribution in [0, 0.1) is 11.6 Å². The zero-order valence-corrected chi connectivity index (χ0v) is 16.6. The zero-order chi connectivity index (χ0) is 20.9. The summed E-state index contributed by atoms with van der Waals surface area (Å²) < 4.78 is 58.5. The lowest BCUT2D eigenvalue weighted by molar-refractivity contribution is -0.121. The topological polar surface area (TPSA) is 75.7 Å². The van der Waals surface area contributed by atoms with E-state index >= 15 is 0 Å². The van der Waals surface area contributed by atoms with Gasteiger partial charge in [0, 0.05) is 31.6 Å². The molecule has 0 aliphatic carbocycles. The Hall–Kier alpha value is -2.36. The number of hydrogen-bond acceptors (Lipinski definition) is 4. The number of amides is 1. The Balaban J connectivity index is 1.52. The van der Waals surface area contributed by atoms with Crippen molar-refractivity contribution >= 4 is 15.9 Å². The molecule has 2 aromatic carbocycles. The smallest absolute Gasteiger partial charge is 0.243 e. The van der Waals surface area contributed by atoms with Crippen LogP contribution in [0.5, 0.6) is 0 Å². The summed E-state index contributed by atoms with van der Waals surface area (Å²) in [6.07, 6.45) is 0.543. The lowest BCUT2D eigenvalue weighted by atomic mass is 10.1. The SMILES string of the molecule is O=C(CCc1ccc(S(=O)(=O)N2CCOCC2)cc1)NCc1cc(F)ccc1F. The molecule has 9 heteroatoms. The van der Waals surface area contributed by atoms with Gasteiger partial charge in [0.2, 0.25) is 15.9 Å². The average Bonchev–Trinajstić information content (AvgIpc) is 2.74. The van der Waals surface area contributed by atoms with Gasteiger partial charge in [0.25, 0.3) is 0 Å². The molecule has 0 aromatic heterocycles. The minimum atomic E-state index is -3.55. The highest BCUT2D eigenvalue weighted by atomic mass is 32.2. The number of carbonyl (C=O) groups excluding carboxylic acids is 1. The Morgan fingerprint density at radius 3 is 2.45 bits per heavy atom. The van der Waals surface area contributed by atoms with E-state index < -0.39 is 21.7 Å². The zero-order valence-electron chi connectivity index (χ0n) is 15.7. The van der Waals surface area contributed by atoms with Crippen molar-refractivity contribution in [2.45, 2.75) is 24.3 Å². The molecule has 1 aliphatic rings. The second-order valence-corrected chi connectivity index (χ2v) is 8.61. The minimum absolute atomic E-state index is 0.0797. The number of rotatable bonds is 7. The highest BCUT2D eigenvalue weighted by Gasteiger charge is 2.26. The van der Waals surface area contributed by atoms with Gasteiger partial charge in [-0.2, -0.15) is 4.31 Å². The summed E-state index contributed by atoms with van der Waals surface area (Å²) in [5.74, 6) is -1.45. The van der Waals surface area contributed by atoms with Gasteiger partial charge in [-0.05, 0) is 42.3 Å². The van der Waals surface area contributed by atoms with Crippen LogP contribution in [0.1, 0.15) is 17.5 Å². The molecule has 6 nitrogen and oxygen atoms in total. The predicted molar refractivity (Wildman–Crippen MR) is 103 cm³/mol. The van der Waals surface area contributed by atoms with E-state index in [0.29, 0.717) is 32.7 Å². The second-order valence-electron chi connectivity index (χ2n) is 6.67. The standard InChI is InChI=1S/C20H22F2N2O4S/c21-17-4-7-19(22)16(13-17)14-23-20(25)8-3-15-1-5-18(6-2-15)29(26,27)24-9-11-28-12-10-24/h1-2,4-7,13H,3,8-12,14H2,(H,23,25). The maximum Gasteiger partial charge on any atom is 0.243 e. The van der Waals surface area contributed by atoms with Crippen LogP contribution in [0.25, 0.3) is 0 Å².